The second kappa shape index (κ2) is 7.84. The van der Waals surface area contributed by atoms with Crippen LogP contribution in [-0.2, 0) is 6.42 Å². The molecule has 1 nitrogen and oxygen atoms in total. The van der Waals surface area contributed by atoms with Crippen LogP contribution < -0.4 is 5.32 Å². The van der Waals surface area contributed by atoms with Gasteiger partial charge < -0.3 is 5.32 Å². The lowest BCUT2D eigenvalue weighted by molar-refractivity contribution is 0.440. The van der Waals surface area contributed by atoms with Crippen LogP contribution >= 0.6 is 23.2 Å². The number of nitrogens with one attached hydrogen (secondary N) is 1. The Labute approximate surface area is 137 Å². The maximum atomic E-state index is 6.29. The predicted molar refractivity (Wildman–Crippen MR) is 92.2 cm³/mol. The molecular weight excluding hydrogens is 301 g/mol. The van der Waals surface area contributed by atoms with Gasteiger partial charge in [0, 0.05) is 22.1 Å². The molecule has 3 heteroatoms. The van der Waals surface area contributed by atoms with E-state index in [4.69, 9.17) is 23.2 Å². The van der Waals surface area contributed by atoms with Gasteiger partial charge in [-0.3, -0.25) is 0 Å². The minimum Gasteiger partial charge on any atom is -0.307 e. The molecule has 0 aliphatic carbocycles. The molecule has 21 heavy (non-hydrogen) atoms. The van der Waals surface area contributed by atoms with Gasteiger partial charge in [-0.25, -0.2) is 0 Å². The van der Waals surface area contributed by atoms with Gasteiger partial charge in [-0.1, -0.05) is 66.5 Å². The highest BCUT2D eigenvalue weighted by Crippen LogP contribution is 2.26. The summed E-state index contributed by atoms with van der Waals surface area (Å²) in [5, 5.41) is 5.06. The summed E-state index contributed by atoms with van der Waals surface area (Å²) in [6, 6.07) is 16.9. The SMILES string of the molecule is CCC(Cc1ccccc1)NC(C)c1ccc(Cl)cc1Cl. The number of halogens is 2. The van der Waals surface area contributed by atoms with Crippen LogP contribution in [0.4, 0.5) is 0 Å². The molecule has 0 aliphatic heterocycles. The standard InChI is InChI=1S/C18H21Cl2N/c1-3-16(11-14-7-5-4-6-8-14)21-13(2)17-10-9-15(19)12-18(17)20/h4-10,12-13,16,21H,3,11H2,1-2H3. The molecule has 2 aromatic carbocycles. The quantitative estimate of drug-likeness (QED) is 0.723. The average Bonchev–Trinajstić information content (AvgIpc) is 2.47. The van der Waals surface area contributed by atoms with Crippen molar-refractivity contribution in [2.75, 3.05) is 0 Å². The lowest BCUT2D eigenvalue weighted by atomic mass is 10.0. The first kappa shape index (κ1) is 16.4. The summed E-state index contributed by atoms with van der Waals surface area (Å²) in [5.74, 6) is 0. The Kier molecular flexibility index (Phi) is 6.10. The van der Waals surface area contributed by atoms with Gasteiger partial charge in [0.05, 0.1) is 0 Å². The largest absolute Gasteiger partial charge is 0.307 e. The van der Waals surface area contributed by atoms with E-state index in [1.54, 1.807) is 6.07 Å². The fourth-order valence-electron chi connectivity index (χ4n) is 2.52. The molecule has 2 rings (SSSR count). The van der Waals surface area contributed by atoms with Crippen molar-refractivity contribution in [3.8, 4) is 0 Å². The van der Waals surface area contributed by atoms with E-state index < -0.39 is 0 Å². The van der Waals surface area contributed by atoms with Crippen LogP contribution in [0.2, 0.25) is 10.0 Å². The fraction of sp³-hybridized carbons (Fsp3) is 0.333. The molecule has 0 bridgehead atoms. The zero-order valence-electron chi connectivity index (χ0n) is 12.4. The van der Waals surface area contributed by atoms with Crippen molar-refractivity contribution in [1.82, 2.24) is 5.32 Å². The van der Waals surface area contributed by atoms with Gasteiger partial charge in [0.2, 0.25) is 0 Å². The average molecular weight is 322 g/mol. The summed E-state index contributed by atoms with van der Waals surface area (Å²) in [6.45, 7) is 4.35. The molecule has 0 fully saturated rings. The van der Waals surface area contributed by atoms with Crippen molar-refractivity contribution in [3.05, 3.63) is 69.7 Å². The van der Waals surface area contributed by atoms with Gasteiger partial charge in [-0.2, -0.15) is 0 Å². The van der Waals surface area contributed by atoms with E-state index in [0.717, 1.165) is 23.4 Å². The van der Waals surface area contributed by atoms with Crippen LogP contribution in [0.5, 0.6) is 0 Å². The van der Waals surface area contributed by atoms with Gasteiger partial charge >= 0.3 is 0 Å². The topological polar surface area (TPSA) is 12.0 Å². The zero-order valence-corrected chi connectivity index (χ0v) is 14.0. The third-order valence-corrected chi connectivity index (χ3v) is 4.29. The Morgan fingerprint density at radius 2 is 1.76 bits per heavy atom. The second-order valence-electron chi connectivity index (χ2n) is 5.35. The lowest BCUT2D eigenvalue weighted by Gasteiger charge is -2.23. The number of rotatable bonds is 6. The Morgan fingerprint density at radius 3 is 2.38 bits per heavy atom. The molecule has 0 aliphatic rings. The third kappa shape index (κ3) is 4.74. The first-order valence-electron chi connectivity index (χ1n) is 7.35. The van der Waals surface area contributed by atoms with Crippen LogP contribution in [0.25, 0.3) is 0 Å². The summed E-state index contributed by atoms with van der Waals surface area (Å²) < 4.78 is 0. The Bertz CT molecular complexity index is 569. The number of hydrogen-bond donors (Lipinski definition) is 1. The molecule has 0 heterocycles. The molecule has 0 aromatic heterocycles. The molecule has 0 saturated heterocycles. The first-order valence-corrected chi connectivity index (χ1v) is 8.10. The summed E-state index contributed by atoms with van der Waals surface area (Å²) in [4.78, 5) is 0. The van der Waals surface area contributed by atoms with E-state index in [2.05, 4.69) is 43.4 Å². The maximum absolute atomic E-state index is 6.29. The number of hydrogen-bond acceptors (Lipinski definition) is 1. The van der Waals surface area contributed by atoms with E-state index in [-0.39, 0.29) is 6.04 Å². The molecule has 0 saturated carbocycles. The van der Waals surface area contributed by atoms with Crippen LogP contribution in [0.3, 0.4) is 0 Å². The molecular formula is C18H21Cl2N. The van der Waals surface area contributed by atoms with Crippen molar-refractivity contribution in [2.45, 2.75) is 38.8 Å². The van der Waals surface area contributed by atoms with Gasteiger partial charge in [0.15, 0.2) is 0 Å². The monoisotopic (exact) mass is 321 g/mol. The molecule has 0 amide bonds. The second-order valence-corrected chi connectivity index (χ2v) is 6.19. The molecule has 112 valence electrons. The van der Waals surface area contributed by atoms with Gasteiger partial charge in [0.25, 0.3) is 0 Å². The van der Waals surface area contributed by atoms with E-state index in [9.17, 15) is 0 Å². The van der Waals surface area contributed by atoms with Gasteiger partial charge in [-0.15, -0.1) is 0 Å². The summed E-state index contributed by atoms with van der Waals surface area (Å²) in [7, 11) is 0. The van der Waals surface area contributed by atoms with E-state index >= 15 is 0 Å². The van der Waals surface area contributed by atoms with E-state index in [1.165, 1.54) is 5.56 Å². The smallest absolute Gasteiger partial charge is 0.0468 e. The van der Waals surface area contributed by atoms with Crippen molar-refractivity contribution in [2.24, 2.45) is 0 Å². The molecule has 2 unspecified atom stereocenters. The molecule has 2 aromatic rings. The highest BCUT2D eigenvalue weighted by atomic mass is 35.5. The van der Waals surface area contributed by atoms with Gasteiger partial charge in [0.1, 0.15) is 0 Å². The van der Waals surface area contributed by atoms with Gasteiger partial charge in [-0.05, 0) is 43.0 Å². The lowest BCUT2D eigenvalue weighted by Crippen LogP contribution is -2.33. The molecule has 0 radical (unpaired) electrons. The summed E-state index contributed by atoms with van der Waals surface area (Å²) in [6.07, 6.45) is 2.09. The Balaban J connectivity index is 2.04. The minimum atomic E-state index is 0.198. The summed E-state index contributed by atoms with van der Waals surface area (Å²) >= 11 is 12.2. The van der Waals surface area contributed by atoms with Crippen molar-refractivity contribution in [3.63, 3.8) is 0 Å². The van der Waals surface area contributed by atoms with Crippen LogP contribution in [-0.4, -0.2) is 6.04 Å². The normalized spacial score (nSPS) is 13.9. The first-order chi connectivity index (χ1) is 10.1. The number of benzene rings is 2. The Morgan fingerprint density at radius 1 is 1.05 bits per heavy atom. The highest BCUT2D eigenvalue weighted by molar-refractivity contribution is 6.35. The minimum absolute atomic E-state index is 0.198. The summed E-state index contributed by atoms with van der Waals surface area (Å²) in [5.41, 5.74) is 2.44. The maximum Gasteiger partial charge on any atom is 0.0468 e. The highest BCUT2D eigenvalue weighted by Gasteiger charge is 2.15. The molecule has 1 N–H and O–H groups in total. The van der Waals surface area contributed by atoms with E-state index in [1.807, 2.05) is 18.2 Å². The van der Waals surface area contributed by atoms with Crippen LogP contribution in [0, 0.1) is 0 Å². The van der Waals surface area contributed by atoms with Crippen LogP contribution in [0.15, 0.2) is 48.5 Å². The van der Waals surface area contributed by atoms with Crippen molar-refractivity contribution in [1.29, 1.82) is 0 Å². The fourth-order valence-corrected chi connectivity index (χ4v) is 3.09. The third-order valence-electron chi connectivity index (χ3n) is 3.73. The van der Waals surface area contributed by atoms with Crippen LogP contribution in [0.1, 0.15) is 37.4 Å². The molecule has 0 spiro atoms. The Hall–Kier alpha value is -1.02. The zero-order chi connectivity index (χ0) is 15.2. The molecule has 2 atom stereocenters. The van der Waals surface area contributed by atoms with E-state index in [0.29, 0.717) is 11.1 Å². The van der Waals surface area contributed by atoms with Crippen molar-refractivity contribution >= 4 is 23.2 Å². The predicted octanol–water partition coefficient (Wildman–Crippen LogP) is 5.67. The van der Waals surface area contributed by atoms with Crippen molar-refractivity contribution < 1.29 is 0 Å².